The smallest absolute Gasteiger partial charge is 0.129 e. The first-order chi connectivity index (χ1) is 8.31. The van der Waals surface area contributed by atoms with E-state index in [2.05, 4.69) is 6.92 Å². The molecule has 0 radical (unpaired) electrons. The molecule has 1 N–H and O–H groups in total. The van der Waals surface area contributed by atoms with Gasteiger partial charge < -0.3 is 19.3 Å². The molecule has 17 heavy (non-hydrogen) atoms. The number of rotatable bonds is 6. The van der Waals surface area contributed by atoms with Crippen LogP contribution >= 0.6 is 0 Å². The van der Waals surface area contributed by atoms with Crippen molar-refractivity contribution in [3.8, 4) is 11.5 Å². The molecule has 1 aromatic rings. The fourth-order valence-electron chi connectivity index (χ4n) is 1.73. The molecule has 1 unspecified atom stereocenters. The first kappa shape index (κ1) is 12.2. The predicted octanol–water partition coefficient (Wildman–Crippen LogP) is 1.92. The predicted molar refractivity (Wildman–Crippen MR) is 63.5 cm³/mol. The molecule has 1 aliphatic rings. The second-order valence-corrected chi connectivity index (χ2v) is 3.99. The Morgan fingerprint density at radius 3 is 3.06 bits per heavy atom. The molecule has 0 amide bonds. The summed E-state index contributed by atoms with van der Waals surface area (Å²) < 4.78 is 16.2. The van der Waals surface area contributed by atoms with Crippen molar-refractivity contribution in [3.63, 3.8) is 0 Å². The van der Waals surface area contributed by atoms with E-state index in [-0.39, 0.29) is 0 Å². The van der Waals surface area contributed by atoms with Gasteiger partial charge in [0, 0.05) is 18.2 Å². The van der Waals surface area contributed by atoms with Crippen molar-refractivity contribution in [1.29, 1.82) is 0 Å². The Morgan fingerprint density at radius 2 is 2.24 bits per heavy atom. The third kappa shape index (κ3) is 3.11. The molecule has 4 nitrogen and oxygen atoms in total. The van der Waals surface area contributed by atoms with Crippen molar-refractivity contribution in [1.82, 2.24) is 0 Å². The van der Waals surface area contributed by atoms with Crippen molar-refractivity contribution in [2.75, 3.05) is 26.4 Å². The minimum Gasteiger partial charge on any atom is -0.491 e. The van der Waals surface area contributed by atoms with Gasteiger partial charge in [-0.15, -0.1) is 0 Å². The van der Waals surface area contributed by atoms with Crippen molar-refractivity contribution < 1.29 is 19.3 Å². The van der Waals surface area contributed by atoms with Crippen LogP contribution in [0.1, 0.15) is 25.0 Å². The normalized spacial score (nSPS) is 17.6. The van der Waals surface area contributed by atoms with Gasteiger partial charge in [-0.05, 0) is 18.6 Å². The molecule has 2 rings (SSSR count). The summed E-state index contributed by atoms with van der Waals surface area (Å²) in [5.74, 6) is 1.46. The number of fused-ring (bicyclic) bond motifs is 1. The van der Waals surface area contributed by atoms with Gasteiger partial charge in [-0.3, -0.25) is 0 Å². The van der Waals surface area contributed by atoms with Gasteiger partial charge in [0.05, 0.1) is 6.61 Å². The maximum absolute atomic E-state index is 9.56. The summed E-state index contributed by atoms with van der Waals surface area (Å²) in [6, 6.07) is 5.50. The van der Waals surface area contributed by atoms with Crippen LogP contribution in [0, 0.1) is 0 Å². The van der Waals surface area contributed by atoms with Crippen molar-refractivity contribution in [2.24, 2.45) is 0 Å². The Kier molecular flexibility index (Phi) is 4.23. The summed E-state index contributed by atoms with van der Waals surface area (Å²) in [4.78, 5) is 0. The van der Waals surface area contributed by atoms with Gasteiger partial charge in [0.15, 0.2) is 0 Å². The molecular formula is C13H18O4. The van der Waals surface area contributed by atoms with Gasteiger partial charge in [-0.25, -0.2) is 0 Å². The highest BCUT2D eigenvalue weighted by atomic mass is 16.5. The zero-order valence-corrected chi connectivity index (χ0v) is 10.0. The molecule has 1 aliphatic heterocycles. The third-order valence-electron chi connectivity index (χ3n) is 2.59. The Bertz CT molecular complexity index is 364. The van der Waals surface area contributed by atoms with E-state index in [1.807, 2.05) is 18.2 Å². The number of hydrogen-bond donors (Lipinski definition) is 1. The largest absolute Gasteiger partial charge is 0.491 e. The summed E-state index contributed by atoms with van der Waals surface area (Å²) in [5.41, 5.74) is 0.833. The second-order valence-electron chi connectivity index (χ2n) is 3.99. The average Bonchev–Trinajstić information content (AvgIpc) is 2.71. The van der Waals surface area contributed by atoms with Crippen LogP contribution in [0.3, 0.4) is 0 Å². The molecule has 4 heteroatoms. The van der Waals surface area contributed by atoms with Crippen molar-refractivity contribution >= 4 is 0 Å². The first-order valence-electron chi connectivity index (χ1n) is 5.96. The molecule has 0 aliphatic carbocycles. The minimum absolute atomic E-state index is 0.332. The fraction of sp³-hybridized carbons (Fsp3) is 0.538. The maximum atomic E-state index is 9.56. The van der Waals surface area contributed by atoms with Crippen LogP contribution < -0.4 is 9.47 Å². The lowest BCUT2D eigenvalue weighted by Gasteiger charge is -2.08. The van der Waals surface area contributed by atoms with Crippen LogP contribution in [0.4, 0.5) is 0 Å². The van der Waals surface area contributed by atoms with E-state index in [1.54, 1.807) is 0 Å². The van der Waals surface area contributed by atoms with Crippen molar-refractivity contribution in [3.05, 3.63) is 23.8 Å². The average molecular weight is 238 g/mol. The number of benzene rings is 1. The van der Waals surface area contributed by atoms with Crippen LogP contribution in [-0.2, 0) is 4.74 Å². The van der Waals surface area contributed by atoms with Crippen LogP contribution in [0.5, 0.6) is 11.5 Å². The maximum Gasteiger partial charge on any atom is 0.129 e. The Labute approximate surface area is 101 Å². The molecule has 0 aromatic heterocycles. The lowest BCUT2D eigenvalue weighted by atomic mass is 10.1. The summed E-state index contributed by atoms with van der Waals surface area (Å²) >= 11 is 0. The van der Waals surface area contributed by atoms with E-state index in [0.717, 1.165) is 24.3 Å². The zero-order valence-electron chi connectivity index (χ0n) is 10.0. The zero-order chi connectivity index (χ0) is 12.1. The van der Waals surface area contributed by atoms with E-state index in [1.165, 1.54) is 0 Å². The van der Waals surface area contributed by atoms with Crippen molar-refractivity contribution in [2.45, 2.75) is 19.4 Å². The Morgan fingerprint density at radius 1 is 1.35 bits per heavy atom. The van der Waals surface area contributed by atoms with E-state index >= 15 is 0 Å². The van der Waals surface area contributed by atoms with E-state index in [9.17, 15) is 5.11 Å². The molecule has 0 saturated heterocycles. The molecule has 0 bridgehead atoms. The lowest BCUT2D eigenvalue weighted by molar-refractivity contribution is 0.100. The Balaban J connectivity index is 1.82. The summed E-state index contributed by atoms with van der Waals surface area (Å²) in [5, 5.41) is 9.56. The highest BCUT2D eigenvalue weighted by Crippen LogP contribution is 2.34. The number of ether oxygens (including phenoxy) is 3. The van der Waals surface area contributed by atoms with Crippen LogP contribution in [0.15, 0.2) is 18.2 Å². The SMILES string of the molecule is CCCOCCOc1ccc2c(c1)OCC2O. The summed E-state index contributed by atoms with van der Waals surface area (Å²) in [6.45, 7) is 4.29. The van der Waals surface area contributed by atoms with Crippen LogP contribution in [0.25, 0.3) is 0 Å². The van der Waals surface area contributed by atoms with Gasteiger partial charge in [-0.2, -0.15) is 0 Å². The van der Waals surface area contributed by atoms with Gasteiger partial charge >= 0.3 is 0 Å². The molecule has 0 fully saturated rings. The molecule has 1 heterocycles. The first-order valence-corrected chi connectivity index (χ1v) is 5.96. The van der Waals surface area contributed by atoms with Gasteiger partial charge in [0.1, 0.15) is 30.8 Å². The minimum atomic E-state index is -0.507. The number of aliphatic hydroxyl groups excluding tert-OH is 1. The molecule has 1 aromatic carbocycles. The number of aliphatic hydroxyl groups is 1. The summed E-state index contributed by atoms with van der Waals surface area (Å²) in [6.07, 6.45) is 0.511. The standard InChI is InChI=1S/C13H18O4/c1-2-5-15-6-7-16-10-3-4-11-12(14)9-17-13(11)8-10/h3-4,8,12,14H,2,5-7,9H2,1H3. The number of hydrogen-bond acceptors (Lipinski definition) is 4. The van der Waals surface area contributed by atoms with E-state index in [0.29, 0.717) is 25.6 Å². The van der Waals surface area contributed by atoms with Gasteiger partial charge in [0.25, 0.3) is 0 Å². The van der Waals surface area contributed by atoms with Gasteiger partial charge in [0.2, 0.25) is 0 Å². The van der Waals surface area contributed by atoms with E-state index < -0.39 is 6.10 Å². The van der Waals surface area contributed by atoms with Crippen LogP contribution in [-0.4, -0.2) is 31.5 Å². The molecule has 1 atom stereocenters. The lowest BCUT2D eigenvalue weighted by Crippen LogP contribution is -2.07. The van der Waals surface area contributed by atoms with E-state index in [4.69, 9.17) is 14.2 Å². The molecular weight excluding hydrogens is 220 g/mol. The Hall–Kier alpha value is -1.26. The molecule has 0 saturated carbocycles. The highest BCUT2D eigenvalue weighted by Gasteiger charge is 2.21. The van der Waals surface area contributed by atoms with Gasteiger partial charge in [-0.1, -0.05) is 6.92 Å². The quantitative estimate of drug-likeness (QED) is 0.769. The summed E-state index contributed by atoms with van der Waals surface area (Å²) in [7, 11) is 0. The molecule has 0 spiro atoms. The third-order valence-corrected chi connectivity index (χ3v) is 2.59. The van der Waals surface area contributed by atoms with Crippen LogP contribution in [0.2, 0.25) is 0 Å². The monoisotopic (exact) mass is 238 g/mol. The second kappa shape index (κ2) is 5.89. The molecule has 94 valence electrons. The topological polar surface area (TPSA) is 47.9 Å². The fourth-order valence-corrected chi connectivity index (χ4v) is 1.73. The highest BCUT2D eigenvalue weighted by molar-refractivity contribution is 5.44.